The lowest BCUT2D eigenvalue weighted by Crippen LogP contribution is -1.84. The van der Waals surface area contributed by atoms with Gasteiger partial charge in [0, 0.05) is 18.3 Å². The molecule has 0 unspecified atom stereocenters. The Labute approximate surface area is 211 Å². The molecule has 6 aromatic rings. The highest BCUT2D eigenvalue weighted by atomic mass is 127. The van der Waals surface area contributed by atoms with Crippen LogP contribution in [0.2, 0.25) is 0 Å². The Balaban J connectivity index is 1.27. The summed E-state index contributed by atoms with van der Waals surface area (Å²) in [5, 5.41) is 0. The van der Waals surface area contributed by atoms with E-state index in [0.29, 0.717) is 0 Å². The average molecular weight is 638 g/mol. The van der Waals surface area contributed by atoms with Crippen LogP contribution in [-0.2, 0) is 0 Å². The van der Waals surface area contributed by atoms with Gasteiger partial charge in [0.2, 0.25) is 0 Å². The van der Waals surface area contributed by atoms with Crippen LogP contribution in [0.15, 0.2) is 84.9 Å². The monoisotopic (exact) mass is 638 g/mol. The molecular formula is C26H16I2N4. The number of nitrogens with one attached hydrogen (secondary N) is 2. The van der Waals surface area contributed by atoms with E-state index in [2.05, 4.69) is 140 Å². The topological polar surface area (TPSA) is 57.4 Å². The summed E-state index contributed by atoms with van der Waals surface area (Å²) < 4.78 is 2.37. The van der Waals surface area contributed by atoms with Gasteiger partial charge in [-0.3, -0.25) is 0 Å². The Morgan fingerprint density at radius 3 is 1.25 bits per heavy atom. The van der Waals surface area contributed by atoms with E-state index in [9.17, 15) is 0 Å². The van der Waals surface area contributed by atoms with Gasteiger partial charge in [-0.05, 0) is 92.7 Å². The van der Waals surface area contributed by atoms with Crippen molar-refractivity contribution in [2.45, 2.75) is 0 Å². The predicted molar refractivity (Wildman–Crippen MR) is 147 cm³/mol. The molecule has 0 aliphatic heterocycles. The first-order chi connectivity index (χ1) is 15.6. The van der Waals surface area contributed by atoms with Crippen molar-refractivity contribution in [2.24, 2.45) is 0 Å². The van der Waals surface area contributed by atoms with Crippen LogP contribution >= 0.6 is 45.2 Å². The SMILES string of the molecule is Ic1ccc2[nH]c(-c3ccc(-c4ccc(-c5nc6cc(I)ccc6[nH]5)cc4)cc3)nc2c1. The lowest BCUT2D eigenvalue weighted by Gasteiger charge is -2.04. The Kier molecular flexibility index (Phi) is 4.98. The Morgan fingerprint density at radius 1 is 0.469 bits per heavy atom. The third-order valence-corrected chi connectivity index (χ3v) is 6.88. The van der Waals surface area contributed by atoms with Crippen molar-refractivity contribution >= 4 is 67.2 Å². The van der Waals surface area contributed by atoms with Crippen LogP contribution in [0.5, 0.6) is 0 Å². The highest BCUT2D eigenvalue weighted by Gasteiger charge is 2.08. The summed E-state index contributed by atoms with van der Waals surface area (Å²) in [4.78, 5) is 16.3. The van der Waals surface area contributed by atoms with Gasteiger partial charge in [0.25, 0.3) is 0 Å². The average Bonchev–Trinajstić information content (AvgIpc) is 3.43. The normalized spacial score (nSPS) is 11.4. The van der Waals surface area contributed by atoms with Crippen LogP contribution in [-0.4, -0.2) is 19.9 Å². The number of hydrogen-bond acceptors (Lipinski definition) is 2. The number of aromatic amines is 2. The molecule has 0 aliphatic rings. The molecular weight excluding hydrogens is 622 g/mol. The third kappa shape index (κ3) is 3.71. The molecule has 154 valence electrons. The smallest absolute Gasteiger partial charge is 0.138 e. The lowest BCUT2D eigenvalue weighted by atomic mass is 10.0. The molecule has 2 heterocycles. The number of rotatable bonds is 3. The van der Waals surface area contributed by atoms with Crippen LogP contribution < -0.4 is 0 Å². The molecule has 0 fully saturated rings. The van der Waals surface area contributed by atoms with Crippen molar-refractivity contribution in [3.05, 3.63) is 92.1 Å². The van der Waals surface area contributed by atoms with Crippen molar-refractivity contribution < 1.29 is 0 Å². The number of imidazole rings is 2. The summed E-state index contributed by atoms with van der Waals surface area (Å²) in [6.07, 6.45) is 0. The predicted octanol–water partition coefficient (Wildman–Crippen LogP) is 7.65. The molecule has 2 N–H and O–H groups in total. The van der Waals surface area contributed by atoms with Crippen molar-refractivity contribution in [3.63, 3.8) is 0 Å². The second-order valence-corrected chi connectivity index (χ2v) is 10.1. The molecule has 6 rings (SSSR count). The molecule has 6 heteroatoms. The van der Waals surface area contributed by atoms with E-state index in [4.69, 9.17) is 9.97 Å². The third-order valence-electron chi connectivity index (χ3n) is 5.54. The lowest BCUT2D eigenvalue weighted by molar-refractivity contribution is 1.33. The van der Waals surface area contributed by atoms with E-state index in [-0.39, 0.29) is 0 Å². The zero-order valence-corrected chi connectivity index (χ0v) is 21.0. The van der Waals surface area contributed by atoms with Crippen molar-refractivity contribution in [1.29, 1.82) is 0 Å². The molecule has 0 radical (unpaired) electrons. The number of hydrogen-bond donors (Lipinski definition) is 2. The first-order valence-electron chi connectivity index (χ1n) is 10.1. The second-order valence-electron chi connectivity index (χ2n) is 7.65. The van der Waals surface area contributed by atoms with Gasteiger partial charge in [0.1, 0.15) is 11.6 Å². The van der Waals surface area contributed by atoms with Gasteiger partial charge in [-0.1, -0.05) is 48.5 Å². The van der Waals surface area contributed by atoms with E-state index in [0.717, 1.165) is 44.8 Å². The van der Waals surface area contributed by atoms with Gasteiger partial charge in [0.15, 0.2) is 0 Å². The van der Waals surface area contributed by atoms with E-state index in [1.807, 2.05) is 0 Å². The number of H-pyrrole nitrogens is 2. The molecule has 0 saturated carbocycles. The molecule has 2 aromatic heterocycles. The fourth-order valence-electron chi connectivity index (χ4n) is 3.87. The molecule has 32 heavy (non-hydrogen) atoms. The van der Waals surface area contributed by atoms with Gasteiger partial charge < -0.3 is 9.97 Å². The van der Waals surface area contributed by atoms with Crippen molar-refractivity contribution in [1.82, 2.24) is 19.9 Å². The standard InChI is InChI=1S/C26H16I2N4/c27-19-9-11-21-23(13-19)31-25(29-21)17-5-1-15(2-6-17)16-3-7-18(8-4-16)26-30-22-12-10-20(28)14-24(22)32-26/h1-14H,(H,29,31)(H,30,32). The number of benzene rings is 4. The maximum Gasteiger partial charge on any atom is 0.138 e. The van der Waals surface area contributed by atoms with E-state index in [1.54, 1.807) is 0 Å². The Morgan fingerprint density at radius 2 is 0.844 bits per heavy atom. The van der Waals surface area contributed by atoms with E-state index in [1.165, 1.54) is 18.3 Å². The molecule has 0 bridgehead atoms. The maximum atomic E-state index is 4.74. The number of nitrogens with zero attached hydrogens (tertiary/aromatic N) is 2. The molecule has 0 saturated heterocycles. The van der Waals surface area contributed by atoms with Crippen LogP contribution in [0.1, 0.15) is 0 Å². The minimum Gasteiger partial charge on any atom is -0.338 e. The summed E-state index contributed by atoms with van der Waals surface area (Å²) in [5.74, 6) is 1.78. The van der Waals surface area contributed by atoms with Gasteiger partial charge >= 0.3 is 0 Å². The van der Waals surface area contributed by atoms with Gasteiger partial charge in [-0.25, -0.2) is 9.97 Å². The molecule has 0 atom stereocenters. The number of halogens is 2. The first kappa shape index (κ1) is 19.9. The fraction of sp³-hybridized carbons (Fsp3) is 0. The molecule has 0 spiro atoms. The molecule has 4 aromatic carbocycles. The molecule has 4 nitrogen and oxygen atoms in total. The van der Waals surface area contributed by atoms with E-state index >= 15 is 0 Å². The minimum atomic E-state index is 0.892. The summed E-state index contributed by atoms with van der Waals surface area (Å²) in [6.45, 7) is 0. The van der Waals surface area contributed by atoms with Gasteiger partial charge in [0.05, 0.1) is 22.1 Å². The molecule has 0 amide bonds. The van der Waals surface area contributed by atoms with Crippen molar-refractivity contribution in [2.75, 3.05) is 0 Å². The first-order valence-corrected chi connectivity index (χ1v) is 12.3. The van der Waals surface area contributed by atoms with Crippen molar-refractivity contribution in [3.8, 4) is 33.9 Å². The summed E-state index contributed by atoms with van der Waals surface area (Å²) in [6, 6.07) is 29.6. The number of aromatic nitrogens is 4. The second kappa shape index (κ2) is 8.00. The summed E-state index contributed by atoms with van der Waals surface area (Å²) in [7, 11) is 0. The highest BCUT2D eigenvalue weighted by Crippen LogP contribution is 2.28. The summed E-state index contributed by atoms with van der Waals surface area (Å²) in [5.41, 5.74) is 8.59. The Hall–Kier alpha value is -2.72. The fourth-order valence-corrected chi connectivity index (χ4v) is 4.82. The van der Waals surface area contributed by atoms with Crippen LogP contribution in [0.4, 0.5) is 0 Å². The van der Waals surface area contributed by atoms with Crippen LogP contribution in [0.25, 0.3) is 56.0 Å². The maximum absolute atomic E-state index is 4.74. The number of fused-ring (bicyclic) bond motifs is 2. The minimum absolute atomic E-state index is 0.892. The zero-order chi connectivity index (χ0) is 21.7. The van der Waals surface area contributed by atoms with Crippen LogP contribution in [0.3, 0.4) is 0 Å². The molecule has 0 aliphatic carbocycles. The highest BCUT2D eigenvalue weighted by molar-refractivity contribution is 14.1. The van der Waals surface area contributed by atoms with Gasteiger partial charge in [-0.15, -0.1) is 0 Å². The van der Waals surface area contributed by atoms with Gasteiger partial charge in [-0.2, -0.15) is 0 Å². The largest absolute Gasteiger partial charge is 0.338 e. The zero-order valence-electron chi connectivity index (χ0n) is 16.7. The van der Waals surface area contributed by atoms with E-state index < -0.39 is 0 Å². The summed E-state index contributed by atoms with van der Waals surface area (Å²) >= 11 is 4.63. The quantitative estimate of drug-likeness (QED) is 0.196. The van der Waals surface area contributed by atoms with Crippen LogP contribution in [0, 0.1) is 7.14 Å². The Bertz CT molecular complexity index is 1460.